The molecule has 1 aromatic carbocycles. The van der Waals surface area contributed by atoms with Gasteiger partial charge < -0.3 is 8.98 Å². The summed E-state index contributed by atoms with van der Waals surface area (Å²) in [5.41, 5.74) is 2.37. The van der Waals surface area contributed by atoms with E-state index in [4.69, 9.17) is 4.42 Å². The molecule has 5 rings (SSSR count). The smallest absolute Gasteiger partial charge is 0.123 e. The Bertz CT molecular complexity index is 979. The second-order valence-corrected chi connectivity index (χ2v) is 6.92. The highest BCUT2D eigenvalue weighted by Crippen LogP contribution is 2.29. The lowest BCUT2D eigenvalue weighted by Gasteiger charge is -2.32. The fourth-order valence-electron chi connectivity index (χ4n) is 3.93. The van der Waals surface area contributed by atoms with E-state index in [-0.39, 0.29) is 0 Å². The van der Waals surface area contributed by atoms with Crippen molar-refractivity contribution in [2.75, 3.05) is 13.1 Å². The van der Waals surface area contributed by atoms with Crippen LogP contribution in [0.1, 0.15) is 24.6 Å². The minimum absolute atomic E-state index is 0.538. The molecule has 0 aliphatic carbocycles. The molecule has 1 aliphatic heterocycles. The maximum Gasteiger partial charge on any atom is 0.123 e. The van der Waals surface area contributed by atoms with Crippen LogP contribution in [0.3, 0.4) is 0 Å². The average Bonchev–Trinajstić information content (AvgIpc) is 3.43. The maximum absolute atomic E-state index is 5.48. The zero-order valence-corrected chi connectivity index (χ0v) is 14.5. The monoisotopic (exact) mass is 347 g/mol. The van der Waals surface area contributed by atoms with E-state index in [1.54, 1.807) is 18.9 Å². The standard InChI is InChI=1S/C20H21N5O/c1-2-19(26-11-1)13-23-8-6-17(7-9-23)25-10-5-16-3-4-18(12-20(16)25)24-14-21-22-15-24/h1-5,10-12,14-15,17H,6-9,13H2. The number of likely N-dealkylation sites (tertiary alicyclic amines) is 1. The fourth-order valence-corrected chi connectivity index (χ4v) is 3.93. The van der Waals surface area contributed by atoms with Crippen LogP contribution in [0.2, 0.25) is 0 Å². The minimum Gasteiger partial charge on any atom is -0.468 e. The highest BCUT2D eigenvalue weighted by Gasteiger charge is 2.22. The lowest BCUT2D eigenvalue weighted by atomic mass is 10.0. The Morgan fingerprint density at radius 3 is 2.65 bits per heavy atom. The summed E-state index contributed by atoms with van der Waals surface area (Å²) in [6.07, 6.45) is 9.76. The summed E-state index contributed by atoms with van der Waals surface area (Å²) in [5, 5.41) is 9.10. The van der Waals surface area contributed by atoms with Gasteiger partial charge in [0.1, 0.15) is 18.4 Å². The van der Waals surface area contributed by atoms with Gasteiger partial charge in [-0.3, -0.25) is 9.47 Å². The van der Waals surface area contributed by atoms with Gasteiger partial charge in [0.05, 0.1) is 24.0 Å². The summed E-state index contributed by atoms with van der Waals surface area (Å²) >= 11 is 0. The lowest BCUT2D eigenvalue weighted by molar-refractivity contribution is 0.170. The topological polar surface area (TPSA) is 52.0 Å². The molecule has 132 valence electrons. The first-order chi connectivity index (χ1) is 12.9. The third kappa shape index (κ3) is 2.82. The van der Waals surface area contributed by atoms with Crippen LogP contribution in [0.15, 0.2) is 65.9 Å². The molecule has 0 saturated carbocycles. The second-order valence-electron chi connectivity index (χ2n) is 6.92. The van der Waals surface area contributed by atoms with Crippen LogP contribution >= 0.6 is 0 Å². The molecule has 1 saturated heterocycles. The quantitative estimate of drug-likeness (QED) is 0.565. The van der Waals surface area contributed by atoms with E-state index < -0.39 is 0 Å². The van der Waals surface area contributed by atoms with Crippen LogP contribution in [0.5, 0.6) is 0 Å². The number of furan rings is 1. The Morgan fingerprint density at radius 2 is 1.88 bits per heavy atom. The third-order valence-corrected chi connectivity index (χ3v) is 5.33. The van der Waals surface area contributed by atoms with E-state index >= 15 is 0 Å². The van der Waals surface area contributed by atoms with Gasteiger partial charge in [-0.25, -0.2) is 0 Å². The van der Waals surface area contributed by atoms with Gasteiger partial charge in [-0.2, -0.15) is 0 Å². The Hall–Kier alpha value is -2.86. The summed E-state index contributed by atoms with van der Waals surface area (Å²) in [4.78, 5) is 2.48. The van der Waals surface area contributed by atoms with Crippen molar-refractivity contribution in [3.8, 4) is 5.69 Å². The number of aromatic nitrogens is 4. The molecule has 0 atom stereocenters. The normalized spacial score (nSPS) is 16.5. The lowest BCUT2D eigenvalue weighted by Crippen LogP contribution is -2.33. The second kappa shape index (κ2) is 6.46. The van der Waals surface area contributed by atoms with Crippen LogP contribution in [-0.2, 0) is 6.54 Å². The first kappa shape index (κ1) is 15.4. The van der Waals surface area contributed by atoms with E-state index in [0.717, 1.165) is 43.9 Å². The molecule has 4 aromatic rings. The fraction of sp³-hybridized carbons (Fsp3) is 0.300. The molecule has 4 heterocycles. The molecule has 1 aliphatic rings. The van der Waals surface area contributed by atoms with Gasteiger partial charge in [0.15, 0.2) is 0 Å². The SMILES string of the molecule is c1coc(CN2CCC(n3ccc4ccc(-n5cnnc5)cc43)CC2)c1. The number of hydrogen-bond acceptors (Lipinski definition) is 4. The van der Waals surface area contributed by atoms with Gasteiger partial charge in [0.25, 0.3) is 0 Å². The van der Waals surface area contributed by atoms with Crippen molar-refractivity contribution in [1.29, 1.82) is 0 Å². The van der Waals surface area contributed by atoms with Gasteiger partial charge in [0.2, 0.25) is 0 Å². The Kier molecular flexibility index (Phi) is 3.83. The van der Waals surface area contributed by atoms with Crippen LogP contribution in [0, 0.1) is 0 Å². The Morgan fingerprint density at radius 1 is 1.04 bits per heavy atom. The van der Waals surface area contributed by atoms with E-state index in [9.17, 15) is 0 Å². The number of benzene rings is 1. The molecule has 6 heteroatoms. The van der Waals surface area contributed by atoms with Crippen molar-refractivity contribution < 1.29 is 4.42 Å². The van der Waals surface area contributed by atoms with Gasteiger partial charge in [-0.15, -0.1) is 10.2 Å². The summed E-state index contributed by atoms with van der Waals surface area (Å²) in [5.74, 6) is 1.05. The number of fused-ring (bicyclic) bond motifs is 1. The van der Waals surface area contributed by atoms with Gasteiger partial charge in [0, 0.05) is 25.3 Å². The molecule has 6 nitrogen and oxygen atoms in total. The molecule has 1 fully saturated rings. The molecule has 0 N–H and O–H groups in total. The van der Waals surface area contributed by atoms with E-state index in [2.05, 4.69) is 56.2 Å². The van der Waals surface area contributed by atoms with Crippen molar-refractivity contribution in [3.05, 3.63) is 67.3 Å². The van der Waals surface area contributed by atoms with Crippen molar-refractivity contribution in [2.24, 2.45) is 0 Å². The first-order valence-electron chi connectivity index (χ1n) is 9.07. The molecular formula is C20H21N5O. The molecule has 0 bridgehead atoms. The van der Waals surface area contributed by atoms with Gasteiger partial charge >= 0.3 is 0 Å². The molecule has 3 aromatic heterocycles. The number of hydrogen-bond donors (Lipinski definition) is 0. The summed E-state index contributed by atoms with van der Waals surface area (Å²) in [7, 11) is 0. The van der Waals surface area contributed by atoms with Crippen molar-refractivity contribution in [3.63, 3.8) is 0 Å². The predicted octanol–water partition coefficient (Wildman–Crippen LogP) is 3.65. The summed E-state index contributed by atoms with van der Waals surface area (Å²) < 4.78 is 9.87. The number of nitrogens with zero attached hydrogens (tertiary/aromatic N) is 5. The van der Waals surface area contributed by atoms with E-state index in [0.29, 0.717) is 6.04 Å². The molecule has 0 spiro atoms. The van der Waals surface area contributed by atoms with Gasteiger partial charge in [-0.05, 0) is 48.6 Å². The molecular weight excluding hydrogens is 326 g/mol. The average molecular weight is 347 g/mol. The molecule has 0 unspecified atom stereocenters. The maximum atomic E-state index is 5.48. The number of rotatable bonds is 4. The third-order valence-electron chi connectivity index (χ3n) is 5.33. The van der Waals surface area contributed by atoms with Crippen LogP contribution in [0.25, 0.3) is 16.6 Å². The van der Waals surface area contributed by atoms with Crippen LogP contribution in [0.4, 0.5) is 0 Å². The molecule has 0 amide bonds. The highest BCUT2D eigenvalue weighted by atomic mass is 16.3. The Balaban J connectivity index is 1.35. The number of piperidine rings is 1. The summed E-state index contributed by atoms with van der Waals surface area (Å²) in [6.45, 7) is 3.09. The molecule has 26 heavy (non-hydrogen) atoms. The van der Waals surface area contributed by atoms with E-state index in [1.165, 1.54) is 10.9 Å². The zero-order chi connectivity index (χ0) is 17.3. The highest BCUT2D eigenvalue weighted by molar-refractivity contribution is 5.82. The summed E-state index contributed by atoms with van der Waals surface area (Å²) in [6, 6.07) is 13.3. The largest absolute Gasteiger partial charge is 0.468 e. The molecule has 0 radical (unpaired) electrons. The van der Waals surface area contributed by atoms with Crippen molar-refractivity contribution in [1.82, 2.24) is 24.2 Å². The minimum atomic E-state index is 0.538. The first-order valence-corrected chi connectivity index (χ1v) is 9.07. The van der Waals surface area contributed by atoms with Crippen molar-refractivity contribution >= 4 is 10.9 Å². The Labute approximate surface area is 151 Å². The predicted molar refractivity (Wildman–Crippen MR) is 99.1 cm³/mol. The van der Waals surface area contributed by atoms with Gasteiger partial charge in [-0.1, -0.05) is 6.07 Å². The zero-order valence-electron chi connectivity index (χ0n) is 14.5. The van der Waals surface area contributed by atoms with Crippen LogP contribution in [-0.4, -0.2) is 37.3 Å². The van der Waals surface area contributed by atoms with E-state index in [1.807, 2.05) is 10.6 Å². The van der Waals surface area contributed by atoms with Crippen LogP contribution < -0.4 is 0 Å². The van der Waals surface area contributed by atoms with Crippen molar-refractivity contribution in [2.45, 2.75) is 25.4 Å².